The zero-order valence-electron chi connectivity index (χ0n) is 11.5. The molecule has 1 saturated heterocycles. The van der Waals surface area contributed by atoms with E-state index in [9.17, 15) is 14.9 Å². The summed E-state index contributed by atoms with van der Waals surface area (Å²) in [7, 11) is 0. The number of likely N-dealkylation sites (tertiary alicyclic amines) is 1. The third kappa shape index (κ3) is 3.32. The first kappa shape index (κ1) is 15.7. The Bertz CT molecular complexity index is 631. The fraction of sp³-hybridized carbons (Fsp3) is 0.429. The van der Waals surface area contributed by atoms with E-state index in [2.05, 4.69) is 6.07 Å². The number of carbonyl (C=O) groups is 1. The van der Waals surface area contributed by atoms with Gasteiger partial charge >= 0.3 is 0 Å². The zero-order chi connectivity index (χ0) is 15.6. The number of hydrogen-bond acceptors (Lipinski definition) is 4. The van der Waals surface area contributed by atoms with Crippen molar-refractivity contribution in [2.45, 2.75) is 19.8 Å². The van der Waals surface area contributed by atoms with Crippen LogP contribution in [0.3, 0.4) is 0 Å². The lowest BCUT2D eigenvalue weighted by molar-refractivity contribution is -0.384. The largest absolute Gasteiger partial charge is 0.339 e. The molecule has 0 aliphatic carbocycles. The van der Waals surface area contributed by atoms with Gasteiger partial charge < -0.3 is 4.90 Å². The second kappa shape index (κ2) is 5.97. The van der Waals surface area contributed by atoms with Gasteiger partial charge in [0.25, 0.3) is 11.6 Å². The number of hydrogen-bond donors (Lipinski definition) is 0. The van der Waals surface area contributed by atoms with E-state index in [1.54, 1.807) is 11.0 Å². The molecule has 1 aromatic carbocycles. The zero-order valence-corrected chi connectivity index (χ0v) is 13.7. The highest BCUT2D eigenvalue weighted by Crippen LogP contribution is 2.31. The second-order valence-corrected chi connectivity index (χ2v) is 6.55. The number of non-ortho nitro benzene ring substituents is 1. The number of nitriles is 1. The Labute approximate surface area is 136 Å². The van der Waals surface area contributed by atoms with Crippen molar-refractivity contribution in [2.75, 3.05) is 13.1 Å². The fourth-order valence-electron chi connectivity index (χ4n) is 2.28. The second-order valence-electron chi connectivity index (χ2n) is 5.39. The highest BCUT2D eigenvalue weighted by Gasteiger charge is 2.32. The Morgan fingerprint density at radius 2 is 2.10 bits per heavy atom. The summed E-state index contributed by atoms with van der Waals surface area (Å²) in [5, 5.41) is 19.9. The van der Waals surface area contributed by atoms with Crippen LogP contribution in [0.5, 0.6) is 0 Å². The predicted octanol–water partition coefficient (Wildman–Crippen LogP) is 2.97. The molecule has 21 heavy (non-hydrogen) atoms. The van der Waals surface area contributed by atoms with Crippen molar-refractivity contribution in [3.63, 3.8) is 0 Å². The summed E-state index contributed by atoms with van der Waals surface area (Å²) in [6.07, 6.45) is 1.25. The Kier molecular flexibility index (Phi) is 4.46. The van der Waals surface area contributed by atoms with Gasteiger partial charge in [-0.25, -0.2) is 0 Å². The summed E-state index contributed by atoms with van der Waals surface area (Å²) in [6.45, 7) is 2.90. The monoisotopic (exact) mass is 399 g/mol. The minimum absolute atomic E-state index is 0.0855. The van der Waals surface area contributed by atoms with Crippen molar-refractivity contribution in [3.8, 4) is 6.07 Å². The molecule has 0 spiro atoms. The molecule has 0 bridgehead atoms. The molecule has 1 aliphatic heterocycles. The fourth-order valence-corrected chi connectivity index (χ4v) is 2.84. The first-order chi connectivity index (χ1) is 9.86. The molecule has 0 atom stereocenters. The van der Waals surface area contributed by atoms with Crippen LogP contribution in [-0.4, -0.2) is 28.8 Å². The van der Waals surface area contributed by atoms with Crippen molar-refractivity contribution in [1.82, 2.24) is 4.90 Å². The highest BCUT2D eigenvalue weighted by molar-refractivity contribution is 14.1. The van der Waals surface area contributed by atoms with Gasteiger partial charge in [-0.2, -0.15) is 5.26 Å². The summed E-state index contributed by atoms with van der Waals surface area (Å²) in [6, 6.07) is 6.58. The third-order valence-corrected chi connectivity index (χ3v) is 4.76. The van der Waals surface area contributed by atoms with Gasteiger partial charge in [0.2, 0.25) is 0 Å². The number of nitrogens with zero attached hydrogens (tertiary/aromatic N) is 3. The molecule has 0 unspecified atom stereocenters. The number of carbonyl (C=O) groups excluding carboxylic acids is 1. The maximum absolute atomic E-state index is 12.5. The quantitative estimate of drug-likeness (QED) is 0.435. The molecule has 7 heteroatoms. The highest BCUT2D eigenvalue weighted by atomic mass is 127. The van der Waals surface area contributed by atoms with Crippen molar-refractivity contribution >= 4 is 34.2 Å². The molecule has 2 rings (SSSR count). The summed E-state index contributed by atoms with van der Waals surface area (Å²) in [5.74, 6) is -0.205. The molecular formula is C14H14IN3O3. The Morgan fingerprint density at radius 3 is 2.62 bits per heavy atom. The maximum atomic E-state index is 12.5. The summed E-state index contributed by atoms with van der Waals surface area (Å²) in [4.78, 5) is 24.5. The van der Waals surface area contributed by atoms with Crippen LogP contribution in [0.25, 0.3) is 0 Å². The van der Waals surface area contributed by atoms with Crippen LogP contribution in [0.2, 0.25) is 0 Å². The molecular weight excluding hydrogens is 385 g/mol. The average Bonchev–Trinajstić information content (AvgIpc) is 2.47. The van der Waals surface area contributed by atoms with Gasteiger partial charge in [-0.3, -0.25) is 14.9 Å². The van der Waals surface area contributed by atoms with E-state index in [4.69, 9.17) is 5.26 Å². The first-order valence-electron chi connectivity index (χ1n) is 6.51. The van der Waals surface area contributed by atoms with E-state index in [0.29, 0.717) is 35.1 Å². The molecule has 0 N–H and O–H groups in total. The number of piperidine rings is 1. The van der Waals surface area contributed by atoms with Gasteiger partial charge in [0.15, 0.2) is 0 Å². The molecule has 6 nitrogen and oxygen atoms in total. The van der Waals surface area contributed by atoms with Crippen LogP contribution >= 0.6 is 22.6 Å². The molecule has 1 heterocycles. The maximum Gasteiger partial charge on any atom is 0.270 e. The van der Waals surface area contributed by atoms with Gasteiger partial charge in [0.05, 0.1) is 22.0 Å². The summed E-state index contributed by atoms with van der Waals surface area (Å²) >= 11 is 2.00. The van der Waals surface area contributed by atoms with Crippen molar-refractivity contribution in [1.29, 1.82) is 5.26 Å². The Balaban J connectivity index is 2.20. The van der Waals surface area contributed by atoms with Crippen LogP contribution < -0.4 is 0 Å². The minimum Gasteiger partial charge on any atom is -0.339 e. The van der Waals surface area contributed by atoms with Crippen molar-refractivity contribution < 1.29 is 9.72 Å². The molecule has 0 radical (unpaired) electrons. The number of halogens is 1. The van der Waals surface area contributed by atoms with Crippen molar-refractivity contribution in [3.05, 3.63) is 37.4 Å². The van der Waals surface area contributed by atoms with E-state index in [1.165, 1.54) is 12.1 Å². The van der Waals surface area contributed by atoms with E-state index < -0.39 is 4.92 Å². The van der Waals surface area contributed by atoms with Crippen LogP contribution in [0.4, 0.5) is 5.69 Å². The topological polar surface area (TPSA) is 87.2 Å². The number of rotatable bonds is 2. The number of benzene rings is 1. The first-order valence-corrected chi connectivity index (χ1v) is 7.59. The van der Waals surface area contributed by atoms with E-state index in [-0.39, 0.29) is 17.0 Å². The van der Waals surface area contributed by atoms with Crippen LogP contribution in [-0.2, 0) is 0 Å². The van der Waals surface area contributed by atoms with Gasteiger partial charge in [-0.05, 0) is 48.4 Å². The van der Waals surface area contributed by atoms with Crippen LogP contribution in [0, 0.1) is 30.4 Å². The molecule has 1 aromatic rings. The van der Waals surface area contributed by atoms with Crippen molar-refractivity contribution in [2.24, 2.45) is 5.41 Å². The summed E-state index contributed by atoms with van der Waals surface area (Å²) in [5.41, 5.74) is -0.116. The lowest BCUT2D eigenvalue weighted by Crippen LogP contribution is -2.41. The van der Waals surface area contributed by atoms with E-state index in [0.717, 1.165) is 0 Å². The smallest absolute Gasteiger partial charge is 0.270 e. The summed E-state index contributed by atoms with van der Waals surface area (Å²) < 4.78 is 0.691. The third-order valence-electron chi connectivity index (χ3n) is 3.82. The molecule has 1 aliphatic rings. The lowest BCUT2D eigenvalue weighted by atomic mass is 9.82. The van der Waals surface area contributed by atoms with Gasteiger partial charge in [-0.15, -0.1) is 0 Å². The number of amides is 1. The Morgan fingerprint density at radius 1 is 1.48 bits per heavy atom. The van der Waals surface area contributed by atoms with Crippen LogP contribution in [0.1, 0.15) is 30.1 Å². The molecule has 1 amide bonds. The van der Waals surface area contributed by atoms with Crippen LogP contribution in [0.15, 0.2) is 18.2 Å². The molecule has 0 aromatic heterocycles. The standard InChI is InChI=1S/C14H14IN3O3/c1-14(9-16)4-6-17(7-5-14)13(19)11-8-10(18(20)21)2-3-12(11)15/h2-3,8H,4-7H2,1H3. The van der Waals surface area contributed by atoms with Gasteiger partial charge in [0.1, 0.15) is 0 Å². The average molecular weight is 399 g/mol. The number of nitro groups is 1. The number of nitro benzene ring substituents is 1. The molecule has 0 saturated carbocycles. The SMILES string of the molecule is CC1(C#N)CCN(C(=O)c2cc([N+](=O)[O-])ccc2I)CC1. The lowest BCUT2D eigenvalue weighted by Gasteiger charge is -2.35. The molecule has 110 valence electrons. The van der Waals surface area contributed by atoms with Gasteiger partial charge in [-0.1, -0.05) is 0 Å². The molecule has 1 fully saturated rings. The predicted molar refractivity (Wildman–Crippen MR) is 84.7 cm³/mol. The van der Waals surface area contributed by atoms with Gasteiger partial charge in [0, 0.05) is 28.8 Å². The van der Waals surface area contributed by atoms with E-state index in [1.807, 2.05) is 29.5 Å². The Hall–Kier alpha value is -1.69. The minimum atomic E-state index is -0.504. The van der Waals surface area contributed by atoms with E-state index >= 15 is 0 Å². The normalized spacial score (nSPS) is 17.1.